The first kappa shape index (κ1) is 15.8. The van der Waals surface area contributed by atoms with E-state index in [9.17, 15) is 9.59 Å². The van der Waals surface area contributed by atoms with Crippen molar-refractivity contribution in [2.45, 2.75) is 13.0 Å². The van der Waals surface area contributed by atoms with Crippen molar-refractivity contribution >= 4 is 23.9 Å². The molecule has 0 atom stereocenters. The van der Waals surface area contributed by atoms with E-state index in [0.717, 1.165) is 17.0 Å². The third-order valence-electron chi connectivity index (χ3n) is 3.60. The fourth-order valence-electron chi connectivity index (χ4n) is 2.29. The summed E-state index contributed by atoms with van der Waals surface area (Å²) in [4.78, 5) is 26.1. The van der Waals surface area contributed by atoms with Crippen molar-refractivity contribution in [3.8, 4) is 0 Å². The molecular formula is C15H20ClN3O2. The molecule has 6 heteroatoms. The summed E-state index contributed by atoms with van der Waals surface area (Å²) in [5, 5.41) is 3.97. The summed E-state index contributed by atoms with van der Waals surface area (Å²) < 4.78 is 0. The van der Waals surface area contributed by atoms with Gasteiger partial charge in [-0.1, -0.05) is 29.8 Å². The average molecular weight is 310 g/mol. The molecule has 1 aromatic rings. The number of rotatable bonds is 6. The minimum Gasteiger partial charge on any atom is -0.342 e. The number of amides is 2. The Hall–Kier alpha value is -1.59. The first-order valence-corrected chi connectivity index (χ1v) is 7.50. The summed E-state index contributed by atoms with van der Waals surface area (Å²) in [6.07, 6.45) is 1.30. The summed E-state index contributed by atoms with van der Waals surface area (Å²) in [6.45, 7) is 3.79. The highest BCUT2D eigenvalue weighted by Crippen LogP contribution is 2.14. The van der Waals surface area contributed by atoms with Crippen molar-refractivity contribution < 1.29 is 9.59 Å². The average Bonchev–Trinajstić information content (AvgIpc) is 2.53. The molecule has 0 bridgehead atoms. The standard InChI is InChI=1S/C15H20ClN3O2/c16-14-4-2-1-3-13(14)11-17-6-5-15(21)19-9-7-18(12-20)8-10-19/h1-4,12,17H,5-11H2. The first-order chi connectivity index (χ1) is 10.2. The van der Waals surface area contributed by atoms with Crippen molar-refractivity contribution in [2.75, 3.05) is 32.7 Å². The van der Waals surface area contributed by atoms with Gasteiger partial charge >= 0.3 is 0 Å². The van der Waals surface area contributed by atoms with Gasteiger partial charge in [-0.3, -0.25) is 9.59 Å². The number of piperazine rings is 1. The van der Waals surface area contributed by atoms with Gasteiger partial charge in [0.15, 0.2) is 0 Å². The van der Waals surface area contributed by atoms with Crippen molar-refractivity contribution in [1.82, 2.24) is 15.1 Å². The largest absolute Gasteiger partial charge is 0.342 e. The number of hydrogen-bond donors (Lipinski definition) is 1. The van der Waals surface area contributed by atoms with E-state index in [0.29, 0.717) is 45.7 Å². The Balaban J connectivity index is 1.66. The summed E-state index contributed by atoms with van der Waals surface area (Å²) in [7, 11) is 0. The monoisotopic (exact) mass is 309 g/mol. The van der Waals surface area contributed by atoms with Crippen LogP contribution in [0.3, 0.4) is 0 Å². The molecule has 21 heavy (non-hydrogen) atoms. The van der Waals surface area contributed by atoms with Gasteiger partial charge in [-0.2, -0.15) is 0 Å². The topological polar surface area (TPSA) is 52.7 Å². The zero-order valence-electron chi connectivity index (χ0n) is 11.9. The molecule has 0 unspecified atom stereocenters. The molecule has 1 saturated heterocycles. The second kappa shape index (κ2) is 8.00. The molecule has 1 aromatic carbocycles. The first-order valence-electron chi connectivity index (χ1n) is 7.12. The van der Waals surface area contributed by atoms with Crippen LogP contribution in [0.1, 0.15) is 12.0 Å². The van der Waals surface area contributed by atoms with Gasteiger partial charge in [-0.25, -0.2) is 0 Å². The quantitative estimate of drug-likeness (QED) is 0.633. The Bertz CT molecular complexity index is 488. The van der Waals surface area contributed by atoms with Gasteiger partial charge in [0.05, 0.1) is 0 Å². The van der Waals surface area contributed by atoms with Gasteiger partial charge in [0, 0.05) is 50.7 Å². The third-order valence-corrected chi connectivity index (χ3v) is 3.97. The van der Waals surface area contributed by atoms with Gasteiger partial charge in [-0.05, 0) is 11.6 Å². The van der Waals surface area contributed by atoms with Gasteiger partial charge in [0.1, 0.15) is 0 Å². The van der Waals surface area contributed by atoms with Crippen molar-refractivity contribution in [3.63, 3.8) is 0 Å². The highest BCUT2D eigenvalue weighted by atomic mass is 35.5. The molecule has 0 radical (unpaired) electrons. The Morgan fingerprint density at radius 2 is 1.95 bits per heavy atom. The summed E-state index contributed by atoms with van der Waals surface area (Å²) >= 11 is 6.07. The van der Waals surface area contributed by atoms with Crippen molar-refractivity contribution in [3.05, 3.63) is 34.9 Å². The number of benzene rings is 1. The molecule has 114 valence electrons. The summed E-state index contributed by atoms with van der Waals surface area (Å²) in [5.41, 5.74) is 1.03. The number of nitrogens with one attached hydrogen (secondary N) is 1. The molecule has 0 aliphatic carbocycles. The summed E-state index contributed by atoms with van der Waals surface area (Å²) in [5.74, 6) is 0.132. The fourth-order valence-corrected chi connectivity index (χ4v) is 2.50. The lowest BCUT2D eigenvalue weighted by Gasteiger charge is -2.32. The van der Waals surface area contributed by atoms with Crippen LogP contribution in [0.5, 0.6) is 0 Å². The number of halogens is 1. The lowest BCUT2D eigenvalue weighted by atomic mass is 10.2. The van der Waals surface area contributed by atoms with Crippen LogP contribution in [-0.4, -0.2) is 54.8 Å². The van der Waals surface area contributed by atoms with Crippen LogP contribution in [0.25, 0.3) is 0 Å². The molecule has 1 fully saturated rings. The van der Waals surface area contributed by atoms with Crippen LogP contribution in [-0.2, 0) is 16.1 Å². The van der Waals surface area contributed by atoms with Gasteiger partial charge in [-0.15, -0.1) is 0 Å². The minimum atomic E-state index is 0.132. The molecule has 0 spiro atoms. The number of carbonyl (C=O) groups excluding carboxylic acids is 2. The molecular weight excluding hydrogens is 290 g/mol. The Labute approximate surface area is 129 Å². The molecule has 0 saturated carbocycles. The zero-order valence-corrected chi connectivity index (χ0v) is 12.7. The van der Waals surface area contributed by atoms with Gasteiger partial charge in [0.25, 0.3) is 0 Å². The maximum atomic E-state index is 12.0. The number of hydrogen-bond acceptors (Lipinski definition) is 3. The van der Waals surface area contributed by atoms with Crippen molar-refractivity contribution in [1.29, 1.82) is 0 Å². The maximum absolute atomic E-state index is 12.0. The van der Waals surface area contributed by atoms with Crippen LogP contribution in [0.4, 0.5) is 0 Å². The van der Waals surface area contributed by atoms with E-state index < -0.39 is 0 Å². The lowest BCUT2D eigenvalue weighted by Crippen LogP contribution is -2.48. The van der Waals surface area contributed by atoms with E-state index in [1.807, 2.05) is 29.2 Å². The smallest absolute Gasteiger partial charge is 0.223 e. The van der Waals surface area contributed by atoms with Gasteiger partial charge < -0.3 is 15.1 Å². The van der Waals surface area contributed by atoms with Crippen LogP contribution < -0.4 is 5.32 Å². The number of nitrogens with zero attached hydrogens (tertiary/aromatic N) is 2. The van der Waals surface area contributed by atoms with E-state index in [1.54, 1.807) is 4.90 Å². The Morgan fingerprint density at radius 1 is 1.24 bits per heavy atom. The van der Waals surface area contributed by atoms with E-state index >= 15 is 0 Å². The second-order valence-corrected chi connectivity index (χ2v) is 5.45. The Kier molecular flexibility index (Phi) is 6.02. The second-order valence-electron chi connectivity index (χ2n) is 5.04. The fraction of sp³-hybridized carbons (Fsp3) is 0.467. The highest BCUT2D eigenvalue weighted by Gasteiger charge is 2.19. The molecule has 5 nitrogen and oxygen atoms in total. The van der Waals surface area contributed by atoms with E-state index in [2.05, 4.69) is 5.32 Å². The minimum absolute atomic E-state index is 0.132. The zero-order chi connectivity index (χ0) is 15.1. The third kappa shape index (κ3) is 4.72. The molecule has 1 heterocycles. The molecule has 0 aromatic heterocycles. The molecule has 1 aliphatic rings. The van der Waals surface area contributed by atoms with E-state index in [4.69, 9.17) is 11.6 Å². The normalized spacial score (nSPS) is 15.1. The van der Waals surface area contributed by atoms with Crippen LogP contribution in [0.2, 0.25) is 5.02 Å². The predicted molar refractivity (Wildman–Crippen MR) is 82.0 cm³/mol. The van der Waals surface area contributed by atoms with Crippen LogP contribution in [0, 0.1) is 0 Å². The molecule has 2 amide bonds. The van der Waals surface area contributed by atoms with E-state index in [-0.39, 0.29) is 5.91 Å². The summed E-state index contributed by atoms with van der Waals surface area (Å²) in [6, 6.07) is 7.67. The van der Waals surface area contributed by atoms with Crippen molar-refractivity contribution in [2.24, 2.45) is 0 Å². The van der Waals surface area contributed by atoms with E-state index in [1.165, 1.54) is 0 Å². The predicted octanol–water partition coefficient (Wildman–Crippen LogP) is 1.12. The van der Waals surface area contributed by atoms with Gasteiger partial charge in [0.2, 0.25) is 12.3 Å². The molecule has 1 N–H and O–H groups in total. The van der Waals surface area contributed by atoms with Crippen LogP contribution in [0.15, 0.2) is 24.3 Å². The maximum Gasteiger partial charge on any atom is 0.223 e. The van der Waals surface area contributed by atoms with Crippen LogP contribution >= 0.6 is 11.6 Å². The Morgan fingerprint density at radius 3 is 2.62 bits per heavy atom. The SMILES string of the molecule is O=CN1CCN(C(=O)CCNCc2ccccc2Cl)CC1. The molecule has 2 rings (SSSR count). The highest BCUT2D eigenvalue weighted by molar-refractivity contribution is 6.31. The lowest BCUT2D eigenvalue weighted by molar-refractivity contribution is -0.135. The molecule has 1 aliphatic heterocycles. The number of carbonyl (C=O) groups is 2.